The van der Waals surface area contributed by atoms with Crippen LogP contribution in [0.1, 0.15) is 53.2 Å². The number of rotatable bonds is 3. The van der Waals surface area contributed by atoms with Gasteiger partial charge in [-0.1, -0.05) is 17.7 Å². The van der Waals surface area contributed by atoms with Crippen molar-refractivity contribution in [2.45, 2.75) is 37.2 Å². The Hall–Kier alpha value is -2.92. The first kappa shape index (κ1) is 19.7. The molecule has 164 valence electrons. The Labute approximate surface area is 192 Å². The molecular weight excluding hydrogens is 424 g/mol. The number of ether oxygens (including phenoxy) is 2. The van der Waals surface area contributed by atoms with E-state index in [4.69, 9.17) is 21.1 Å². The molecule has 32 heavy (non-hydrogen) atoms. The Morgan fingerprint density at radius 2 is 1.94 bits per heavy atom. The Morgan fingerprint density at radius 1 is 1.12 bits per heavy atom. The zero-order valence-electron chi connectivity index (χ0n) is 18.0. The minimum absolute atomic E-state index is 0.0219. The number of fused-ring (bicyclic) bond motifs is 4. The molecule has 0 N–H and O–H groups in total. The van der Waals surface area contributed by atoms with Crippen molar-refractivity contribution in [1.29, 1.82) is 0 Å². The summed E-state index contributed by atoms with van der Waals surface area (Å²) in [4.78, 5) is 15.3. The lowest BCUT2D eigenvalue weighted by atomic mass is 9.86. The largest absolute Gasteiger partial charge is 0.496 e. The van der Waals surface area contributed by atoms with Crippen molar-refractivity contribution in [2.75, 3.05) is 20.2 Å². The highest BCUT2D eigenvalue weighted by atomic mass is 35.5. The molecule has 3 heterocycles. The van der Waals surface area contributed by atoms with E-state index in [0.29, 0.717) is 35.3 Å². The predicted octanol–water partition coefficient (Wildman–Crippen LogP) is 5.54. The van der Waals surface area contributed by atoms with E-state index in [9.17, 15) is 4.79 Å². The highest BCUT2D eigenvalue weighted by Crippen LogP contribution is 2.46. The SMILES string of the molecule is COc1cc(C2CC2)ccc1C(=O)N1CCC2(CC1)Oc1cc(Cl)ccc1-n1cccc12. The summed E-state index contributed by atoms with van der Waals surface area (Å²) < 4.78 is 14.4. The van der Waals surface area contributed by atoms with Crippen molar-refractivity contribution in [2.24, 2.45) is 0 Å². The molecule has 0 unspecified atom stereocenters. The molecule has 1 amide bonds. The van der Waals surface area contributed by atoms with Crippen LogP contribution in [0.2, 0.25) is 5.02 Å². The standard InChI is InChI=1S/C26H25ClN2O3/c1-31-22-15-18(17-4-5-17)6-8-20(22)25(30)28-13-10-26(11-14-28)24-3-2-12-29(24)21-9-7-19(27)16-23(21)32-26/h2-3,6-9,12,15-17H,4-5,10-11,13-14H2,1H3. The molecular formula is C26H25ClN2O3. The second-order valence-corrected chi connectivity index (χ2v) is 9.43. The minimum atomic E-state index is -0.460. The predicted molar refractivity (Wildman–Crippen MR) is 123 cm³/mol. The zero-order valence-corrected chi connectivity index (χ0v) is 18.8. The van der Waals surface area contributed by atoms with E-state index >= 15 is 0 Å². The van der Waals surface area contributed by atoms with Gasteiger partial charge < -0.3 is 18.9 Å². The Balaban J connectivity index is 1.25. The number of halogens is 1. The van der Waals surface area contributed by atoms with Crippen LogP contribution < -0.4 is 9.47 Å². The number of amides is 1. The Morgan fingerprint density at radius 3 is 2.69 bits per heavy atom. The fourth-order valence-electron chi connectivity index (χ4n) is 5.15. The summed E-state index contributed by atoms with van der Waals surface area (Å²) in [5, 5.41) is 0.656. The third-order valence-electron chi connectivity index (χ3n) is 7.07. The van der Waals surface area contributed by atoms with Gasteiger partial charge in [0.1, 0.15) is 11.5 Å². The van der Waals surface area contributed by atoms with Gasteiger partial charge in [-0.05, 0) is 60.7 Å². The lowest BCUT2D eigenvalue weighted by Gasteiger charge is -2.45. The third-order valence-corrected chi connectivity index (χ3v) is 7.30. The van der Waals surface area contributed by atoms with Crippen LogP contribution in [0, 0.1) is 0 Å². The molecule has 0 atom stereocenters. The molecule has 0 bridgehead atoms. The van der Waals surface area contributed by atoms with Crippen LogP contribution in [0.25, 0.3) is 5.69 Å². The monoisotopic (exact) mass is 448 g/mol. The van der Waals surface area contributed by atoms with Crippen molar-refractivity contribution >= 4 is 17.5 Å². The molecule has 5 nitrogen and oxygen atoms in total. The van der Waals surface area contributed by atoms with Crippen molar-refractivity contribution in [3.8, 4) is 17.2 Å². The van der Waals surface area contributed by atoms with Crippen LogP contribution in [0.4, 0.5) is 0 Å². The van der Waals surface area contributed by atoms with E-state index in [-0.39, 0.29) is 5.91 Å². The number of carbonyl (C=O) groups excluding carboxylic acids is 1. The van der Waals surface area contributed by atoms with Crippen LogP contribution in [0.5, 0.6) is 11.5 Å². The molecule has 6 rings (SSSR count). The van der Waals surface area contributed by atoms with Crippen molar-refractivity contribution in [3.63, 3.8) is 0 Å². The van der Waals surface area contributed by atoms with E-state index in [0.717, 1.165) is 30.0 Å². The molecule has 6 heteroatoms. The number of carbonyl (C=O) groups is 1. The van der Waals surface area contributed by atoms with E-state index in [2.05, 4.69) is 22.9 Å². The minimum Gasteiger partial charge on any atom is -0.496 e. The normalized spacial score (nSPS) is 18.6. The van der Waals surface area contributed by atoms with Gasteiger partial charge in [0, 0.05) is 43.2 Å². The highest BCUT2D eigenvalue weighted by Gasteiger charge is 2.45. The van der Waals surface area contributed by atoms with Gasteiger partial charge in [0.05, 0.1) is 24.1 Å². The van der Waals surface area contributed by atoms with Gasteiger partial charge in [-0.25, -0.2) is 0 Å². The molecule has 2 aromatic carbocycles. The van der Waals surface area contributed by atoms with Crippen molar-refractivity contribution in [1.82, 2.24) is 9.47 Å². The van der Waals surface area contributed by atoms with Gasteiger partial charge in [0.2, 0.25) is 0 Å². The number of nitrogens with zero attached hydrogens (tertiary/aromatic N) is 2. The lowest BCUT2D eigenvalue weighted by Crippen LogP contribution is -2.50. The summed E-state index contributed by atoms with van der Waals surface area (Å²) in [5.41, 5.74) is 3.57. The number of benzene rings is 2. The fraction of sp³-hybridized carbons (Fsp3) is 0.346. The average molecular weight is 449 g/mol. The molecule has 2 fully saturated rings. The number of piperidine rings is 1. The summed E-state index contributed by atoms with van der Waals surface area (Å²) in [6, 6.07) is 16.0. The quantitative estimate of drug-likeness (QED) is 0.528. The Bertz CT molecular complexity index is 1210. The number of aromatic nitrogens is 1. The summed E-state index contributed by atoms with van der Waals surface area (Å²) in [6.45, 7) is 1.24. The first-order valence-electron chi connectivity index (χ1n) is 11.2. The van der Waals surface area contributed by atoms with E-state index < -0.39 is 5.60 Å². The van der Waals surface area contributed by atoms with E-state index in [1.165, 1.54) is 18.4 Å². The van der Waals surface area contributed by atoms with Gasteiger partial charge >= 0.3 is 0 Å². The summed E-state index contributed by atoms with van der Waals surface area (Å²) in [6.07, 6.45) is 5.95. The highest BCUT2D eigenvalue weighted by molar-refractivity contribution is 6.30. The average Bonchev–Trinajstić information content (AvgIpc) is 3.54. The molecule has 1 saturated heterocycles. The molecule has 1 spiro atoms. The molecule has 3 aliphatic rings. The second kappa shape index (κ2) is 7.31. The third kappa shape index (κ3) is 3.10. The van der Waals surface area contributed by atoms with Gasteiger partial charge in [0.25, 0.3) is 5.91 Å². The van der Waals surface area contributed by atoms with Crippen LogP contribution in [0.15, 0.2) is 54.7 Å². The second-order valence-electron chi connectivity index (χ2n) is 9.00. The first-order valence-corrected chi connectivity index (χ1v) is 11.6. The number of likely N-dealkylation sites (tertiary alicyclic amines) is 1. The van der Waals surface area contributed by atoms with Gasteiger partial charge in [-0.15, -0.1) is 0 Å². The molecule has 1 aliphatic carbocycles. The van der Waals surface area contributed by atoms with Gasteiger partial charge in [-0.2, -0.15) is 0 Å². The number of hydrogen-bond donors (Lipinski definition) is 0. The fourth-order valence-corrected chi connectivity index (χ4v) is 5.31. The van der Waals surface area contributed by atoms with Crippen molar-refractivity contribution in [3.05, 3.63) is 76.6 Å². The van der Waals surface area contributed by atoms with E-state index in [1.807, 2.05) is 41.3 Å². The zero-order chi connectivity index (χ0) is 21.9. The maximum atomic E-state index is 13.4. The van der Waals surface area contributed by atoms with Gasteiger partial charge in [-0.3, -0.25) is 4.79 Å². The number of methoxy groups -OCH3 is 1. The van der Waals surface area contributed by atoms with Crippen LogP contribution in [-0.4, -0.2) is 35.6 Å². The molecule has 1 aromatic heterocycles. The van der Waals surface area contributed by atoms with E-state index in [1.54, 1.807) is 7.11 Å². The maximum absolute atomic E-state index is 13.4. The lowest BCUT2D eigenvalue weighted by molar-refractivity contribution is -0.00936. The van der Waals surface area contributed by atoms with Crippen LogP contribution >= 0.6 is 11.6 Å². The Kier molecular flexibility index (Phi) is 4.51. The summed E-state index contributed by atoms with van der Waals surface area (Å²) >= 11 is 6.25. The number of hydrogen-bond acceptors (Lipinski definition) is 3. The van der Waals surface area contributed by atoms with Crippen LogP contribution in [-0.2, 0) is 5.60 Å². The topological polar surface area (TPSA) is 43.7 Å². The molecule has 1 saturated carbocycles. The molecule has 3 aromatic rings. The summed E-state index contributed by atoms with van der Waals surface area (Å²) in [7, 11) is 1.64. The van der Waals surface area contributed by atoms with Crippen LogP contribution in [0.3, 0.4) is 0 Å². The van der Waals surface area contributed by atoms with Crippen molar-refractivity contribution < 1.29 is 14.3 Å². The summed E-state index contributed by atoms with van der Waals surface area (Å²) in [5.74, 6) is 2.11. The smallest absolute Gasteiger partial charge is 0.257 e. The molecule has 0 radical (unpaired) electrons. The first-order chi connectivity index (χ1) is 15.6. The van der Waals surface area contributed by atoms with Gasteiger partial charge in [0.15, 0.2) is 5.60 Å². The maximum Gasteiger partial charge on any atom is 0.257 e. The molecule has 2 aliphatic heterocycles.